The van der Waals surface area contributed by atoms with Gasteiger partial charge in [-0.25, -0.2) is 9.13 Å². The standard InChI is InChI=1S/C79H154O17P2/c1-6-9-12-15-18-21-24-26-29-34-38-43-48-53-58-63-77(82)90-69-75(96-79(84)65-60-55-50-45-40-35-31-28-27-30-33-37-41-46-51-56-61-72(4)5)71-94-98(87,88)92-67-73(80)66-91-97(85,86)93-70-74(68-89-76(81)62-57-52-47-42-36-23-20-17-14-11-8-3)95-78(83)64-59-54-49-44-39-32-25-22-19-16-13-10-7-2/h72-75,80H,6-71H2,1-5H3,(H,85,86)(H,87,88)/t73-,74+,75+/m0/s1. The third-order valence-corrected chi connectivity index (χ3v) is 20.4. The molecule has 0 rings (SSSR count). The number of hydrogen-bond acceptors (Lipinski definition) is 15. The molecule has 0 aliphatic rings. The van der Waals surface area contributed by atoms with Gasteiger partial charge < -0.3 is 33.8 Å². The number of ether oxygens (including phenoxy) is 4. The van der Waals surface area contributed by atoms with E-state index in [1.807, 2.05) is 0 Å². The van der Waals surface area contributed by atoms with Crippen molar-refractivity contribution in [2.75, 3.05) is 39.6 Å². The molecule has 0 aromatic rings. The second kappa shape index (κ2) is 72.0. The van der Waals surface area contributed by atoms with Crippen molar-refractivity contribution >= 4 is 39.5 Å². The maximum absolute atomic E-state index is 13.1. The van der Waals surface area contributed by atoms with Gasteiger partial charge >= 0.3 is 39.5 Å². The monoisotopic (exact) mass is 1440 g/mol. The number of aliphatic hydroxyl groups excluding tert-OH is 1. The Morgan fingerprint density at radius 1 is 0.276 bits per heavy atom. The summed E-state index contributed by atoms with van der Waals surface area (Å²) in [5.74, 6) is -1.30. The largest absolute Gasteiger partial charge is 0.472 e. The number of phosphoric ester groups is 2. The lowest BCUT2D eigenvalue weighted by Crippen LogP contribution is -2.30. The Morgan fingerprint density at radius 2 is 0.469 bits per heavy atom. The number of carbonyl (C=O) groups is 4. The van der Waals surface area contributed by atoms with Crippen molar-refractivity contribution < 1.29 is 80.2 Å². The van der Waals surface area contributed by atoms with Gasteiger partial charge in [-0.15, -0.1) is 0 Å². The molecule has 0 aliphatic carbocycles. The fourth-order valence-electron chi connectivity index (χ4n) is 12.2. The van der Waals surface area contributed by atoms with Crippen LogP contribution in [-0.4, -0.2) is 96.7 Å². The highest BCUT2D eigenvalue weighted by Gasteiger charge is 2.30. The smallest absolute Gasteiger partial charge is 0.462 e. The van der Waals surface area contributed by atoms with E-state index in [1.165, 1.54) is 244 Å². The van der Waals surface area contributed by atoms with E-state index in [9.17, 15) is 43.2 Å². The second-order valence-electron chi connectivity index (χ2n) is 28.9. The number of phosphoric acid groups is 2. The first-order valence-electron chi connectivity index (χ1n) is 41.1. The zero-order valence-corrected chi connectivity index (χ0v) is 65.7. The van der Waals surface area contributed by atoms with Gasteiger partial charge in [0.15, 0.2) is 12.2 Å². The summed E-state index contributed by atoms with van der Waals surface area (Å²) in [6, 6.07) is 0. The molecule has 2 unspecified atom stereocenters. The van der Waals surface area contributed by atoms with E-state index in [1.54, 1.807) is 0 Å². The quantitative estimate of drug-likeness (QED) is 0.0222. The first-order chi connectivity index (χ1) is 47.5. The van der Waals surface area contributed by atoms with Crippen LogP contribution in [0.25, 0.3) is 0 Å². The van der Waals surface area contributed by atoms with E-state index in [2.05, 4.69) is 34.6 Å². The summed E-state index contributed by atoms with van der Waals surface area (Å²) in [6.07, 6.45) is 62.2. The maximum atomic E-state index is 13.1. The first-order valence-corrected chi connectivity index (χ1v) is 44.1. The molecule has 98 heavy (non-hydrogen) atoms. The number of unbranched alkanes of at least 4 members (excludes halogenated alkanes) is 51. The first kappa shape index (κ1) is 96.1. The number of aliphatic hydroxyl groups is 1. The normalized spacial score (nSPS) is 13.9. The van der Waals surface area contributed by atoms with Crippen LogP contribution in [0, 0.1) is 5.92 Å². The molecule has 17 nitrogen and oxygen atoms in total. The van der Waals surface area contributed by atoms with Crippen molar-refractivity contribution in [2.24, 2.45) is 5.92 Å². The molecular weight excluding hydrogens is 1280 g/mol. The number of esters is 4. The molecule has 0 saturated heterocycles. The summed E-state index contributed by atoms with van der Waals surface area (Å²) in [5, 5.41) is 10.6. The second-order valence-corrected chi connectivity index (χ2v) is 31.8. The van der Waals surface area contributed by atoms with Crippen LogP contribution in [0.1, 0.15) is 420 Å². The fraction of sp³-hybridized carbons (Fsp3) is 0.949. The average molecular weight is 1440 g/mol. The lowest BCUT2D eigenvalue weighted by atomic mass is 10.0. The van der Waals surface area contributed by atoms with Crippen LogP contribution in [0.4, 0.5) is 0 Å². The zero-order valence-electron chi connectivity index (χ0n) is 63.9. The molecule has 3 N–H and O–H groups in total. The van der Waals surface area contributed by atoms with E-state index in [4.69, 9.17) is 37.0 Å². The van der Waals surface area contributed by atoms with Gasteiger partial charge in [-0.2, -0.15) is 0 Å². The van der Waals surface area contributed by atoms with Crippen molar-refractivity contribution in [1.82, 2.24) is 0 Å². The van der Waals surface area contributed by atoms with Crippen LogP contribution >= 0.6 is 15.6 Å². The van der Waals surface area contributed by atoms with Crippen LogP contribution in [0.2, 0.25) is 0 Å². The van der Waals surface area contributed by atoms with Gasteiger partial charge in [0.25, 0.3) is 0 Å². The van der Waals surface area contributed by atoms with Gasteiger partial charge in [-0.1, -0.05) is 369 Å². The van der Waals surface area contributed by atoms with Crippen molar-refractivity contribution in [1.29, 1.82) is 0 Å². The van der Waals surface area contributed by atoms with Crippen molar-refractivity contribution in [3.63, 3.8) is 0 Å². The summed E-state index contributed by atoms with van der Waals surface area (Å²) in [4.78, 5) is 72.9. The van der Waals surface area contributed by atoms with Crippen molar-refractivity contribution in [3.8, 4) is 0 Å². The molecule has 0 radical (unpaired) electrons. The third-order valence-electron chi connectivity index (χ3n) is 18.5. The molecule has 5 atom stereocenters. The summed E-state index contributed by atoms with van der Waals surface area (Å²) in [6.45, 7) is 7.35. The van der Waals surface area contributed by atoms with Gasteiger partial charge in [0.1, 0.15) is 19.3 Å². The Bertz CT molecular complexity index is 1870. The SMILES string of the molecule is CCCCCCCCCCCCCCCCCC(=O)OC[C@H](COP(=O)(O)OC[C@@H](O)COP(=O)(O)OC[C@@H](COC(=O)CCCCCCCCCCCCC)OC(=O)CCCCCCCCCCCCCCC)OC(=O)CCCCCCCCCCCCCCCCCCC(C)C. The van der Waals surface area contributed by atoms with Gasteiger partial charge in [0.2, 0.25) is 0 Å². The molecule has 582 valence electrons. The Hall–Kier alpha value is -1.94. The van der Waals surface area contributed by atoms with Crippen LogP contribution in [-0.2, 0) is 65.4 Å². The van der Waals surface area contributed by atoms with Crippen LogP contribution in [0.5, 0.6) is 0 Å². The number of carbonyl (C=O) groups excluding carboxylic acids is 4. The Kier molecular flexibility index (Phi) is 70.6. The topological polar surface area (TPSA) is 237 Å². The van der Waals surface area contributed by atoms with Crippen molar-refractivity contribution in [2.45, 2.75) is 438 Å². The Balaban J connectivity index is 5.24. The third kappa shape index (κ3) is 72.4. The van der Waals surface area contributed by atoms with Gasteiger partial charge in [0, 0.05) is 25.7 Å². The summed E-state index contributed by atoms with van der Waals surface area (Å²) >= 11 is 0. The van der Waals surface area contributed by atoms with E-state index < -0.39 is 97.5 Å². The van der Waals surface area contributed by atoms with Gasteiger partial charge in [0.05, 0.1) is 26.4 Å². The average Bonchev–Trinajstić information content (AvgIpc) is 1.05. The Labute approximate surface area is 600 Å². The molecular formula is C79H154O17P2. The lowest BCUT2D eigenvalue weighted by molar-refractivity contribution is -0.161. The fourth-order valence-corrected chi connectivity index (χ4v) is 13.8. The highest BCUT2D eigenvalue weighted by atomic mass is 31.2. The van der Waals surface area contributed by atoms with Crippen molar-refractivity contribution in [3.05, 3.63) is 0 Å². The van der Waals surface area contributed by atoms with Gasteiger partial charge in [-0.3, -0.25) is 37.3 Å². The van der Waals surface area contributed by atoms with Crippen LogP contribution in [0.15, 0.2) is 0 Å². The maximum Gasteiger partial charge on any atom is 0.472 e. The lowest BCUT2D eigenvalue weighted by Gasteiger charge is -2.21. The molecule has 0 aliphatic heterocycles. The van der Waals surface area contributed by atoms with E-state index >= 15 is 0 Å². The number of hydrogen-bond donors (Lipinski definition) is 3. The predicted octanol–water partition coefficient (Wildman–Crippen LogP) is 23.6. The minimum Gasteiger partial charge on any atom is -0.462 e. The van der Waals surface area contributed by atoms with E-state index in [0.29, 0.717) is 25.7 Å². The Morgan fingerprint density at radius 3 is 0.694 bits per heavy atom. The molecule has 0 saturated carbocycles. The predicted molar refractivity (Wildman–Crippen MR) is 400 cm³/mol. The molecule has 0 amide bonds. The number of rotatable bonds is 79. The molecule has 0 heterocycles. The molecule has 0 aromatic carbocycles. The minimum absolute atomic E-state index is 0.108. The van der Waals surface area contributed by atoms with E-state index in [-0.39, 0.29) is 25.7 Å². The zero-order chi connectivity index (χ0) is 71.9. The molecule has 0 spiro atoms. The highest BCUT2D eigenvalue weighted by molar-refractivity contribution is 7.47. The summed E-state index contributed by atoms with van der Waals surface area (Å²) < 4.78 is 68.7. The van der Waals surface area contributed by atoms with Gasteiger partial charge in [-0.05, 0) is 31.6 Å². The molecule has 0 aromatic heterocycles. The molecule has 19 heteroatoms. The summed E-state index contributed by atoms with van der Waals surface area (Å²) in [7, 11) is -9.91. The van der Waals surface area contributed by atoms with Crippen LogP contribution < -0.4 is 0 Å². The molecule has 0 fully saturated rings. The highest BCUT2D eigenvalue weighted by Crippen LogP contribution is 2.45. The van der Waals surface area contributed by atoms with E-state index in [0.717, 1.165) is 95.8 Å². The minimum atomic E-state index is -4.96. The summed E-state index contributed by atoms with van der Waals surface area (Å²) in [5.41, 5.74) is 0. The molecule has 0 bridgehead atoms. The van der Waals surface area contributed by atoms with Crippen LogP contribution in [0.3, 0.4) is 0 Å².